The third-order valence-electron chi connectivity index (χ3n) is 2.99. The maximum atomic E-state index is 13.8. The van der Waals surface area contributed by atoms with E-state index in [1.807, 2.05) is 12.1 Å². The highest BCUT2D eigenvalue weighted by Crippen LogP contribution is 2.28. The number of hydrogen-bond donors (Lipinski definition) is 2. The summed E-state index contributed by atoms with van der Waals surface area (Å²) in [6.07, 6.45) is 0.410. The zero-order chi connectivity index (χ0) is 14.7. The molecule has 0 amide bonds. The average molecular weight is 378 g/mol. The fraction of sp³-hybridized carbons (Fsp3) is 0.143. The standard InChI is InChI=1S/C14H12BrCl2FN2/c15-11-5-9(2-4-12(11)17)14(20-19)6-8-1-3-10(16)7-13(8)18/h1-5,7,14,20H,6,19H2. The van der Waals surface area contributed by atoms with Crippen LogP contribution in [0.15, 0.2) is 40.9 Å². The second-order valence-corrected chi connectivity index (χ2v) is 6.03. The van der Waals surface area contributed by atoms with Gasteiger partial charge in [-0.15, -0.1) is 0 Å². The zero-order valence-corrected chi connectivity index (χ0v) is 13.4. The van der Waals surface area contributed by atoms with Crippen LogP contribution in [-0.4, -0.2) is 0 Å². The first-order valence-electron chi connectivity index (χ1n) is 5.86. The molecule has 2 nitrogen and oxygen atoms in total. The maximum absolute atomic E-state index is 13.8. The van der Waals surface area contributed by atoms with E-state index in [9.17, 15) is 4.39 Å². The van der Waals surface area contributed by atoms with Gasteiger partial charge < -0.3 is 0 Å². The molecule has 0 spiro atoms. The lowest BCUT2D eigenvalue weighted by atomic mass is 9.99. The summed E-state index contributed by atoms with van der Waals surface area (Å²) < 4.78 is 14.6. The summed E-state index contributed by atoms with van der Waals surface area (Å²) in [6, 6.07) is 9.87. The summed E-state index contributed by atoms with van der Waals surface area (Å²) >= 11 is 15.1. The first-order chi connectivity index (χ1) is 9.51. The minimum atomic E-state index is -0.342. The highest BCUT2D eigenvalue weighted by molar-refractivity contribution is 9.10. The summed E-state index contributed by atoms with van der Waals surface area (Å²) in [7, 11) is 0. The van der Waals surface area contributed by atoms with Crippen molar-refractivity contribution in [2.75, 3.05) is 0 Å². The van der Waals surface area contributed by atoms with Crippen LogP contribution in [-0.2, 0) is 6.42 Å². The lowest BCUT2D eigenvalue weighted by Gasteiger charge is -2.17. The summed E-state index contributed by atoms with van der Waals surface area (Å²) in [5.74, 6) is 5.23. The van der Waals surface area contributed by atoms with Gasteiger partial charge in [0.1, 0.15) is 5.82 Å². The SMILES string of the molecule is NNC(Cc1ccc(Cl)cc1F)c1ccc(Cl)c(Br)c1. The van der Waals surface area contributed by atoms with Crippen LogP contribution in [0.3, 0.4) is 0 Å². The number of hydrogen-bond acceptors (Lipinski definition) is 2. The molecule has 1 atom stereocenters. The molecule has 2 aromatic rings. The van der Waals surface area contributed by atoms with Crippen molar-refractivity contribution in [3.05, 3.63) is 67.9 Å². The van der Waals surface area contributed by atoms with Crippen LogP contribution in [0.2, 0.25) is 10.0 Å². The number of nitrogens with one attached hydrogen (secondary N) is 1. The van der Waals surface area contributed by atoms with Gasteiger partial charge in [0.05, 0.1) is 11.1 Å². The molecule has 0 saturated heterocycles. The lowest BCUT2D eigenvalue weighted by Crippen LogP contribution is -2.29. The third-order valence-corrected chi connectivity index (χ3v) is 4.44. The van der Waals surface area contributed by atoms with Crippen LogP contribution in [0.1, 0.15) is 17.2 Å². The molecule has 20 heavy (non-hydrogen) atoms. The molecule has 106 valence electrons. The monoisotopic (exact) mass is 376 g/mol. The molecule has 0 saturated carbocycles. The molecule has 0 aliphatic heterocycles. The Bertz CT molecular complexity index is 622. The molecular formula is C14H12BrCl2FN2. The number of nitrogens with two attached hydrogens (primary N) is 1. The van der Waals surface area contributed by atoms with E-state index in [1.165, 1.54) is 6.07 Å². The Balaban J connectivity index is 2.26. The van der Waals surface area contributed by atoms with Crippen LogP contribution in [0.25, 0.3) is 0 Å². The van der Waals surface area contributed by atoms with Gasteiger partial charge in [-0.05, 0) is 57.7 Å². The van der Waals surface area contributed by atoms with Crippen LogP contribution >= 0.6 is 39.1 Å². The molecule has 1 unspecified atom stereocenters. The van der Waals surface area contributed by atoms with Gasteiger partial charge in [-0.3, -0.25) is 11.3 Å². The Hall–Kier alpha value is -0.650. The van der Waals surface area contributed by atoms with Crippen molar-refractivity contribution in [3.63, 3.8) is 0 Å². The second kappa shape index (κ2) is 6.87. The highest BCUT2D eigenvalue weighted by Gasteiger charge is 2.14. The summed E-state index contributed by atoms with van der Waals surface area (Å²) in [5, 5.41) is 0.986. The smallest absolute Gasteiger partial charge is 0.127 e. The number of benzene rings is 2. The molecule has 0 fully saturated rings. The molecule has 0 bridgehead atoms. The summed E-state index contributed by atoms with van der Waals surface area (Å²) in [5.41, 5.74) is 4.15. The van der Waals surface area contributed by atoms with Crippen molar-refractivity contribution in [1.82, 2.24) is 5.43 Å². The fourth-order valence-corrected chi connectivity index (χ4v) is 2.58. The lowest BCUT2D eigenvalue weighted by molar-refractivity contribution is 0.529. The van der Waals surface area contributed by atoms with Crippen LogP contribution in [0.5, 0.6) is 0 Å². The molecule has 2 rings (SSSR count). The third kappa shape index (κ3) is 3.71. The van der Waals surface area contributed by atoms with Gasteiger partial charge in [-0.2, -0.15) is 0 Å². The average Bonchev–Trinajstić information content (AvgIpc) is 2.41. The van der Waals surface area contributed by atoms with Crippen LogP contribution in [0, 0.1) is 5.82 Å². The fourth-order valence-electron chi connectivity index (χ4n) is 1.91. The minimum Gasteiger partial charge on any atom is -0.271 e. The molecular weight excluding hydrogens is 366 g/mol. The van der Waals surface area contributed by atoms with Crippen molar-refractivity contribution in [2.45, 2.75) is 12.5 Å². The first-order valence-corrected chi connectivity index (χ1v) is 7.41. The zero-order valence-electron chi connectivity index (χ0n) is 10.3. The maximum Gasteiger partial charge on any atom is 0.127 e. The predicted molar refractivity (Wildman–Crippen MR) is 84.3 cm³/mol. The van der Waals surface area contributed by atoms with Crippen molar-refractivity contribution in [1.29, 1.82) is 0 Å². The van der Waals surface area contributed by atoms with Crippen molar-refractivity contribution in [3.8, 4) is 0 Å². The van der Waals surface area contributed by atoms with E-state index in [2.05, 4.69) is 21.4 Å². The number of halogens is 4. The van der Waals surface area contributed by atoms with Crippen LogP contribution < -0.4 is 11.3 Å². The summed E-state index contributed by atoms with van der Waals surface area (Å²) in [4.78, 5) is 0. The van der Waals surface area contributed by atoms with Gasteiger partial charge in [0, 0.05) is 9.50 Å². The van der Waals surface area contributed by atoms with Crippen molar-refractivity contribution < 1.29 is 4.39 Å². The van der Waals surface area contributed by atoms with Gasteiger partial charge in [-0.1, -0.05) is 35.3 Å². The molecule has 3 N–H and O–H groups in total. The van der Waals surface area contributed by atoms with E-state index in [-0.39, 0.29) is 11.9 Å². The molecule has 0 aliphatic carbocycles. The first kappa shape index (κ1) is 15.7. The second-order valence-electron chi connectivity index (χ2n) is 4.33. The number of rotatable bonds is 4. The Labute approximate surface area is 135 Å². The number of hydrazine groups is 1. The summed E-state index contributed by atoms with van der Waals surface area (Å²) in [6.45, 7) is 0. The Kier molecular flexibility index (Phi) is 5.41. The largest absolute Gasteiger partial charge is 0.271 e. The highest BCUT2D eigenvalue weighted by atomic mass is 79.9. The van der Waals surface area contributed by atoms with Crippen molar-refractivity contribution in [2.24, 2.45) is 5.84 Å². The van der Waals surface area contributed by atoms with E-state index in [0.29, 0.717) is 22.0 Å². The molecule has 2 aromatic carbocycles. The minimum absolute atomic E-state index is 0.223. The van der Waals surface area contributed by atoms with E-state index in [4.69, 9.17) is 29.0 Å². The topological polar surface area (TPSA) is 38.0 Å². The Morgan fingerprint density at radius 1 is 1.20 bits per heavy atom. The predicted octanol–water partition coefficient (Wildman–Crippen LogP) is 4.64. The quantitative estimate of drug-likeness (QED) is 0.601. The van der Waals surface area contributed by atoms with Gasteiger partial charge in [0.15, 0.2) is 0 Å². The van der Waals surface area contributed by atoms with Gasteiger partial charge in [0.25, 0.3) is 0 Å². The van der Waals surface area contributed by atoms with E-state index in [1.54, 1.807) is 18.2 Å². The van der Waals surface area contributed by atoms with E-state index < -0.39 is 0 Å². The van der Waals surface area contributed by atoms with Crippen LogP contribution in [0.4, 0.5) is 4.39 Å². The molecule has 6 heteroatoms. The van der Waals surface area contributed by atoms with Gasteiger partial charge in [0.2, 0.25) is 0 Å². The molecule has 0 aliphatic rings. The molecule has 0 radical (unpaired) electrons. The van der Waals surface area contributed by atoms with E-state index in [0.717, 1.165) is 10.0 Å². The van der Waals surface area contributed by atoms with E-state index >= 15 is 0 Å². The van der Waals surface area contributed by atoms with Gasteiger partial charge in [-0.25, -0.2) is 4.39 Å². The molecule has 0 heterocycles. The Morgan fingerprint density at radius 3 is 2.55 bits per heavy atom. The molecule has 0 aromatic heterocycles. The normalized spacial score (nSPS) is 12.4. The van der Waals surface area contributed by atoms with Gasteiger partial charge >= 0.3 is 0 Å². The Morgan fingerprint density at radius 2 is 1.95 bits per heavy atom. The van der Waals surface area contributed by atoms with Crippen molar-refractivity contribution >= 4 is 39.1 Å².